The van der Waals surface area contributed by atoms with Gasteiger partial charge in [-0.15, -0.1) is 11.3 Å². The van der Waals surface area contributed by atoms with Crippen molar-refractivity contribution in [3.05, 3.63) is 43.8 Å². The van der Waals surface area contributed by atoms with Crippen molar-refractivity contribution in [1.82, 2.24) is 4.31 Å². The highest BCUT2D eigenvalue weighted by Gasteiger charge is 2.27. The van der Waals surface area contributed by atoms with Crippen molar-refractivity contribution in [2.45, 2.75) is 11.4 Å². The Hall–Kier alpha value is -0.670. The summed E-state index contributed by atoms with van der Waals surface area (Å²) < 4.78 is 40.8. The first kappa shape index (κ1) is 16.7. The summed E-state index contributed by atoms with van der Waals surface area (Å²) in [6.45, 7) is 0.129. The first-order valence-electron chi connectivity index (χ1n) is 5.65. The predicted molar refractivity (Wildman–Crippen MR) is 86.5 cm³/mol. The van der Waals surface area contributed by atoms with Crippen molar-refractivity contribution >= 4 is 54.6 Å². The Bertz CT molecular complexity index is 780. The van der Waals surface area contributed by atoms with Crippen LogP contribution in [-0.2, 0) is 16.6 Å². The second kappa shape index (κ2) is 6.21. The third-order valence-corrected chi connectivity index (χ3v) is 6.47. The van der Waals surface area contributed by atoms with Gasteiger partial charge in [0.25, 0.3) is 0 Å². The van der Waals surface area contributed by atoms with Gasteiger partial charge < -0.3 is 5.73 Å². The molecular weight excluding hydrogens is 403 g/mol. The Kier molecular flexibility index (Phi) is 4.94. The second-order valence-electron chi connectivity index (χ2n) is 4.31. The summed E-state index contributed by atoms with van der Waals surface area (Å²) >= 11 is 10.4. The minimum atomic E-state index is -4.02. The highest BCUT2D eigenvalue weighted by atomic mass is 79.9. The van der Waals surface area contributed by atoms with Crippen LogP contribution in [0.2, 0.25) is 5.02 Å². The summed E-state index contributed by atoms with van der Waals surface area (Å²) in [6, 6.07) is 4.04. The quantitative estimate of drug-likeness (QED) is 0.777. The zero-order chi connectivity index (χ0) is 15.8. The van der Waals surface area contributed by atoms with Crippen molar-refractivity contribution in [3.63, 3.8) is 0 Å². The van der Waals surface area contributed by atoms with Crippen LogP contribution < -0.4 is 5.73 Å². The van der Waals surface area contributed by atoms with Gasteiger partial charge in [-0.2, -0.15) is 4.31 Å². The van der Waals surface area contributed by atoms with Crippen LogP contribution in [0.1, 0.15) is 4.88 Å². The van der Waals surface area contributed by atoms with E-state index in [1.807, 2.05) is 5.38 Å². The molecular formula is C12H11BrClFN2O2S2. The topological polar surface area (TPSA) is 63.4 Å². The lowest BCUT2D eigenvalue weighted by Crippen LogP contribution is -2.27. The lowest BCUT2D eigenvalue weighted by molar-refractivity contribution is 0.462. The number of nitrogen functional groups attached to an aromatic ring is 1. The van der Waals surface area contributed by atoms with E-state index in [0.717, 1.165) is 19.7 Å². The van der Waals surface area contributed by atoms with Gasteiger partial charge in [0.2, 0.25) is 10.0 Å². The maximum atomic E-state index is 14.0. The molecule has 0 unspecified atom stereocenters. The van der Waals surface area contributed by atoms with Crippen LogP contribution in [-0.4, -0.2) is 19.8 Å². The average Bonchev–Trinajstić information content (AvgIpc) is 2.79. The van der Waals surface area contributed by atoms with Crippen LogP contribution in [0.25, 0.3) is 0 Å². The van der Waals surface area contributed by atoms with E-state index in [1.165, 1.54) is 24.5 Å². The van der Waals surface area contributed by atoms with Gasteiger partial charge in [0, 0.05) is 34.0 Å². The highest BCUT2D eigenvalue weighted by molar-refractivity contribution is 9.10. The molecule has 1 heterocycles. The van der Waals surface area contributed by atoms with Crippen molar-refractivity contribution in [1.29, 1.82) is 0 Å². The van der Waals surface area contributed by atoms with E-state index in [9.17, 15) is 12.8 Å². The largest absolute Gasteiger partial charge is 0.399 e. The molecule has 0 saturated heterocycles. The minimum absolute atomic E-state index is 0.0900. The number of thiophene rings is 1. The Morgan fingerprint density at radius 1 is 1.43 bits per heavy atom. The second-order valence-corrected chi connectivity index (χ2v) is 8.64. The summed E-state index contributed by atoms with van der Waals surface area (Å²) in [5.74, 6) is -0.995. The molecule has 0 aliphatic rings. The summed E-state index contributed by atoms with van der Waals surface area (Å²) in [7, 11) is -2.64. The molecule has 2 N–H and O–H groups in total. The first-order valence-corrected chi connectivity index (χ1v) is 9.14. The summed E-state index contributed by atoms with van der Waals surface area (Å²) in [5, 5.41) is 1.52. The van der Waals surface area contributed by atoms with Gasteiger partial charge in [0.05, 0.1) is 5.02 Å². The first-order chi connectivity index (χ1) is 9.71. The van der Waals surface area contributed by atoms with Crippen LogP contribution >= 0.6 is 38.9 Å². The molecule has 1 aromatic carbocycles. The fraction of sp³-hybridized carbons (Fsp3) is 0.167. The Labute approximate surface area is 139 Å². The minimum Gasteiger partial charge on any atom is -0.399 e. The molecule has 0 aliphatic carbocycles. The Morgan fingerprint density at radius 3 is 2.67 bits per heavy atom. The molecule has 0 saturated carbocycles. The maximum absolute atomic E-state index is 14.0. The number of rotatable bonds is 4. The van der Waals surface area contributed by atoms with Crippen molar-refractivity contribution in [2.75, 3.05) is 12.8 Å². The van der Waals surface area contributed by atoms with E-state index >= 15 is 0 Å². The van der Waals surface area contributed by atoms with Gasteiger partial charge in [-0.25, -0.2) is 12.8 Å². The van der Waals surface area contributed by atoms with E-state index in [1.54, 1.807) is 6.07 Å². The fourth-order valence-electron chi connectivity index (χ4n) is 1.68. The predicted octanol–water partition coefficient (Wildman–Crippen LogP) is 3.71. The van der Waals surface area contributed by atoms with Crippen LogP contribution in [0.4, 0.5) is 10.1 Å². The Morgan fingerprint density at radius 2 is 2.10 bits per heavy atom. The SMILES string of the molecule is CN(Cc1cc(Br)cs1)S(=O)(=O)c1cc(N)cc(Cl)c1F. The number of hydrogen-bond acceptors (Lipinski definition) is 4. The molecule has 4 nitrogen and oxygen atoms in total. The van der Waals surface area contributed by atoms with E-state index in [0.29, 0.717) is 0 Å². The number of nitrogens with two attached hydrogens (primary N) is 1. The van der Waals surface area contributed by atoms with Crippen molar-refractivity contribution in [2.24, 2.45) is 0 Å². The number of sulfonamides is 1. The highest BCUT2D eigenvalue weighted by Crippen LogP contribution is 2.29. The maximum Gasteiger partial charge on any atom is 0.246 e. The van der Waals surface area contributed by atoms with Gasteiger partial charge in [-0.1, -0.05) is 11.6 Å². The van der Waals surface area contributed by atoms with Gasteiger partial charge >= 0.3 is 0 Å². The number of anilines is 1. The fourth-order valence-corrected chi connectivity index (χ4v) is 4.82. The molecule has 0 fully saturated rings. The van der Waals surface area contributed by atoms with Crippen molar-refractivity contribution in [3.8, 4) is 0 Å². The molecule has 2 rings (SSSR count). The number of benzene rings is 1. The standard InChI is InChI=1S/C12H11BrClFN2O2S2/c1-17(5-9-2-7(13)6-20-9)21(18,19)11-4-8(16)3-10(14)12(11)15/h2-4,6H,5,16H2,1H3. The van der Waals surface area contributed by atoms with Crippen LogP contribution in [0.5, 0.6) is 0 Å². The molecule has 0 spiro atoms. The van der Waals surface area contributed by atoms with Gasteiger partial charge in [0.1, 0.15) is 4.90 Å². The van der Waals surface area contributed by atoms with E-state index in [2.05, 4.69) is 15.9 Å². The van der Waals surface area contributed by atoms with Crippen molar-refractivity contribution < 1.29 is 12.8 Å². The van der Waals surface area contributed by atoms with E-state index in [-0.39, 0.29) is 17.3 Å². The third kappa shape index (κ3) is 3.57. The van der Waals surface area contributed by atoms with Gasteiger partial charge in [0.15, 0.2) is 5.82 Å². The third-order valence-electron chi connectivity index (χ3n) is 2.71. The number of nitrogens with zero attached hydrogens (tertiary/aromatic N) is 1. The normalized spacial score (nSPS) is 12.0. The van der Waals surface area contributed by atoms with Gasteiger partial charge in [-0.3, -0.25) is 0 Å². The molecule has 114 valence electrons. The molecule has 0 bridgehead atoms. The van der Waals surface area contributed by atoms with Crippen LogP contribution in [0, 0.1) is 5.82 Å². The van der Waals surface area contributed by atoms with Crippen LogP contribution in [0.3, 0.4) is 0 Å². The zero-order valence-corrected chi connectivity index (χ0v) is 14.8. The number of halogens is 3. The molecule has 0 amide bonds. The lowest BCUT2D eigenvalue weighted by atomic mass is 10.3. The molecule has 0 atom stereocenters. The monoisotopic (exact) mass is 412 g/mol. The lowest BCUT2D eigenvalue weighted by Gasteiger charge is -2.17. The van der Waals surface area contributed by atoms with E-state index < -0.39 is 20.7 Å². The summed E-state index contributed by atoms with van der Waals surface area (Å²) in [4.78, 5) is 0.300. The molecule has 21 heavy (non-hydrogen) atoms. The summed E-state index contributed by atoms with van der Waals surface area (Å²) in [6.07, 6.45) is 0. The smallest absolute Gasteiger partial charge is 0.246 e. The average molecular weight is 414 g/mol. The van der Waals surface area contributed by atoms with Gasteiger partial charge in [-0.05, 0) is 34.1 Å². The number of hydrogen-bond donors (Lipinski definition) is 1. The summed E-state index contributed by atoms with van der Waals surface area (Å²) in [5.41, 5.74) is 5.63. The molecule has 0 aliphatic heterocycles. The van der Waals surface area contributed by atoms with E-state index in [4.69, 9.17) is 17.3 Å². The molecule has 0 radical (unpaired) electrons. The zero-order valence-electron chi connectivity index (χ0n) is 10.8. The Balaban J connectivity index is 2.37. The van der Waals surface area contributed by atoms with Crippen LogP contribution in [0.15, 0.2) is 32.9 Å². The molecule has 2 aromatic rings. The molecule has 1 aromatic heterocycles. The molecule has 9 heteroatoms.